The maximum atomic E-state index is 9.44. The minimum absolute atomic E-state index is 0.339. The molecule has 1 aromatic heterocycles. The Kier molecular flexibility index (Phi) is 4.62. The first-order chi connectivity index (χ1) is 12.2. The van der Waals surface area contributed by atoms with Crippen molar-refractivity contribution in [3.63, 3.8) is 0 Å². The van der Waals surface area contributed by atoms with Crippen LogP contribution >= 0.6 is 0 Å². The Labute approximate surface area is 149 Å². The average Bonchev–Trinajstić information content (AvgIpc) is 3.14. The average molecular weight is 338 g/mol. The second-order valence-electron chi connectivity index (χ2n) is 7.63. The largest absolute Gasteiger partial charge is 0.508 e. The van der Waals surface area contributed by atoms with Gasteiger partial charge in [0.1, 0.15) is 11.5 Å². The minimum Gasteiger partial charge on any atom is -0.508 e. The molecule has 2 aliphatic rings. The number of phenols is 1. The van der Waals surface area contributed by atoms with Crippen molar-refractivity contribution >= 4 is 0 Å². The van der Waals surface area contributed by atoms with Crippen molar-refractivity contribution in [2.24, 2.45) is 11.8 Å². The lowest BCUT2D eigenvalue weighted by atomic mass is 10.0. The predicted octanol–water partition coefficient (Wildman–Crippen LogP) is 3.68. The third kappa shape index (κ3) is 3.79. The van der Waals surface area contributed by atoms with Gasteiger partial charge < -0.3 is 14.7 Å². The molecule has 2 fully saturated rings. The van der Waals surface area contributed by atoms with Gasteiger partial charge in [0.15, 0.2) is 0 Å². The van der Waals surface area contributed by atoms with Crippen molar-refractivity contribution in [3.05, 3.63) is 54.4 Å². The highest BCUT2D eigenvalue weighted by Crippen LogP contribution is 2.40. The zero-order chi connectivity index (χ0) is 17.2. The molecule has 2 aromatic rings. The van der Waals surface area contributed by atoms with Crippen LogP contribution in [0.2, 0.25) is 0 Å². The molecule has 4 nitrogen and oxygen atoms in total. The number of pyridine rings is 1. The Morgan fingerprint density at radius 1 is 1.16 bits per heavy atom. The maximum Gasteiger partial charge on any atom is 0.137 e. The standard InChI is InChI=1S/C21H26N2O2/c1-15(16-4-6-19(24)7-5-16)12-23-13-17-9-21(10-18(17)14-23)25-20-3-2-8-22-11-20/h2-8,11,15,17-18,21,24H,9-10,12-14H2,1H3/t15?,17-,18+,21+. The number of ether oxygens (including phenoxy) is 1. The zero-order valence-corrected chi connectivity index (χ0v) is 14.7. The van der Waals surface area contributed by atoms with Crippen LogP contribution in [0.1, 0.15) is 31.2 Å². The van der Waals surface area contributed by atoms with Crippen LogP contribution in [-0.2, 0) is 0 Å². The van der Waals surface area contributed by atoms with Gasteiger partial charge in [-0.25, -0.2) is 0 Å². The highest BCUT2D eigenvalue weighted by molar-refractivity contribution is 5.28. The van der Waals surface area contributed by atoms with Gasteiger partial charge in [-0.05, 0) is 60.4 Å². The molecule has 2 heterocycles. The second kappa shape index (κ2) is 7.04. The Morgan fingerprint density at radius 3 is 2.52 bits per heavy atom. The molecule has 4 atom stereocenters. The van der Waals surface area contributed by atoms with Gasteiger partial charge in [-0.3, -0.25) is 4.98 Å². The number of nitrogens with zero attached hydrogens (tertiary/aromatic N) is 2. The van der Waals surface area contributed by atoms with Crippen LogP contribution in [0.3, 0.4) is 0 Å². The molecule has 0 bridgehead atoms. The Balaban J connectivity index is 1.28. The lowest BCUT2D eigenvalue weighted by Crippen LogP contribution is -2.28. The van der Waals surface area contributed by atoms with E-state index in [1.54, 1.807) is 24.5 Å². The van der Waals surface area contributed by atoms with E-state index in [2.05, 4.69) is 16.8 Å². The van der Waals surface area contributed by atoms with Crippen molar-refractivity contribution in [1.82, 2.24) is 9.88 Å². The summed E-state index contributed by atoms with van der Waals surface area (Å²) in [6, 6.07) is 11.6. The summed E-state index contributed by atoms with van der Waals surface area (Å²) >= 11 is 0. The molecule has 1 saturated heterocycles. The molecule has 1 unspecified atom stereocenters. The summed E-state index contributed by atoms with van der Waals surface area (Å²) in [6.07, 6.45) is 6.24. The molecular weight excluding hydrogens is 312 g/mol. The molecule has 0 spiro atoms. The van der Waals surface area contributed by atoms with E-state index in [1.165, 1.54) is 18.7 Å². The van der Waals surface area contributed by atoms with Gasteiger partial charge in [-0.2, -0.15) is 0 Å². The Bertz CT molecular complexity index is 675. The summed E-state index contributed by atoms with van der Waals surface area (Å²) in [5.74, 6) is 3.24. The van der Waals surface area contributed by atoms with Crippen LogP contribution in [0.15, 0.2) is 48.8 Å². The summed E-state index contributed by atoms with van der Waals surface area (Å²) in [5.41, 5.74) is 1.30. The molecule has 1 aliphatic heterocycles. The van der Waals surface area contributed by atoms with E-state index in [0.717, 1.165) is 37.0 Å². The SMILES string of the molecule is CC(CN1C[C@H]2C[C@H](Oc3cccnc3)C[C@H]2C1)c1ccc(O)cc1. The fourth-order valence-electron chi connectivity index (χ4n) is 4.49. The molecule has 132 valence electrons. The summed E-state index contributed by atoms with van der Waals surface area (Å²) in [5, 5.41) is 9.44. The number of aromatic hydroxyl groups is 1. The lowest BCUT2D eigenvalue weighted by molar-refractivity contribution is 0.184. The van der Waals surface area contributed by atoms with E-state index in [9.17, 15) is 5.11 Å². The molecule has 0 amide bonds. The number of aromatic nitrogens is 1. The normalized spacial score (nSPS) is 27.2. The number of likely N-dealkylation sites (tertiary alicyclic amines) is 1. The van der Waals surface area contributed by atoms with Crippen LogP contribution in [0.25, 0.3) is 0 Å². The maximum absolute atomic E-state index is 9.44. The van der Waals surface area contributed by atoms with Gasteiger partial charge >= 0.3 is 0 Å². The molecule has 0 radical (unpaired) electrons. The summed E-state index contributed by atoms with van der Waals surface area (Å²) in [6.45, 7) is 5.72. The minimum atomic E-state index is 0.339. The van der Waals surface area contributed by atoms with Gasteiger partial charge in [0.2, 0.25) is 0 Å². The van der Waals surface area contributed by atoms with Crippen molar-refractivity contribution < 1.29 is 9.84 Å². The highest BCUT2D eigenvalue weighted by Gasteiger charge is 2.41. The van der Waals surface area contributed by atoms with Crippen molar-refractivity contribution in [2.75, 3.05) is 19.6 Å². The monoisotopic (exact) mass is 338 g/mol. The van der Waals surface area contributed by atoms with E-state index in [0.29, 0.717) is 17.8 Å². The van der Waals surface area contributed by atoms with E-state index in [-0.39, 0.29) is 0 Å². The van der Waals surface area contributed by atoms with E-state index in [4.69, 9.17) is 4.74 Å². The fourth-order valence-corrected chi connectivity index (χ4v) is 4.49. The van der Waals surface area contributed by atoms with Crippen LogP contribution in [-0.4, -0.2) is 40.7 Å². The number of phenolic OH excluding ortho intramolecular Hbond substituents is 1. The van der Waals surface area contributed by atoms with Crippen molar-refractivity contribution in [3.8, 4) is 11.5 Å². The molecule has 25 heavy (non-hydrogen) atoms. The zero-order valence-electron chi connectivity index (χ0n) is 14.7. The van der Waals surface area contributed by atoms with Gasteiger partial charge in [0, 0.05) is 25.8 Å². The first-order valence-electron chi connectivity index (χ1n) is 9.25. The molecule has 1 N–H and O–H groups in total. The quantitative estimate of drug-likeness (QED) is 0.903. The molecule has 1 saturated carbocycles. The number of rotatable bonds is 5. The summed E-state index contributed by atoms with van der Waals surface area (Å²) in [4.78, 5) is 6.73. The molecular formula is C21H26N2O2. The van der Waals surface area contributed by atoms with E-state index >= 15 is 0 Å². The first-order valence-corrected chi connectivity index (χ1v) is 9.25. The number of fused-ring (bicyclic) bond motifs is 1. The fraction of sp³-hybridized carbons (Fsp3) is 0.476. The van der Waals surface area contributed by atoms with Crippen molar-refractivity contribution in [2.45, 2.75) is 31.8 Å². The van der Waals surface area contributed by atoms with E-state index in [1.807, 2.05) is 24.3 Å². The van der Waals surface area contributed by atoms with Gasteiger partial charge in [0.05, 0.1) is 12.3 Å². The first kappa shape index (κ1) is 16.4. The third-order valence-corrected chi connectivity index (χ3v) is 5.71. The van der Waals surface area contributed by atoms with Crippen LogP contribution < -0.4 is 4.74 Å². The summed E-state index contributed by atoms with van der Waals surface area (Å²) in [7, 11) is 0. The van der Waals surface area contributed by atoms with Gasteiger partial charge in [-0.1, -0.05) is 19.1 Å². The van der Waals surface area contributed by atoms with Crippen LogP contribution in [0, 0.1) is 11.8 Å². The number of benzene rings is 1. The number of hydrogen-bond acceptors (Lipinski definition) is 4. The molecule has 1 aliphatic carbocycles. The molecule has 4 heteroatoms. The topological polar surface area (TPSA) is 45.6 Å². The molecule has 1 aromatic carbocycles. The smallest absolute Gasteiger partial charge is 0.137 e. The van der Waals surface area contributed by atoms with Gasteiger partial charge in [-0.15, -0.1) is 0 Å². The second-order valence-corrected chi connectivity index (χ2v) is 7.63. The van der Waals surface area contributed by atoms with E-state index < -0.39 is 0 Å². The Hall–Kier alpha value is -2.07. The number of hydrogen-bond donors (Lipinski definition) is 1. The van der Waals surface area contributed by atoms with Gasteiger partial charge in [0.25, 0.3) is 0 Å². The summed E-state index contributed by atoms with van der Waals surface area (Å²) < 4.78 is 6.10. The predicted molar refractivity (Wildman–Crippen MR) is 97.8 cm³/mol. The molecule has 4 rings (SSSR count). The highest BCUT2D eigenvalue weighted by atomic mass is 16.5. The Morgan fingerprint density at radius 2 is 1.88 bits per heavy atom. The van der Waals surface area contributed by atoms with Crippen LogP contribution in [0.4, 0.5) is 0 Å². The lowest BCUT2D eigenvalue weighted by Gasteiger charge is -2.23. The third-order valence-electron chi connectivity index (χ3n) is 5.71. The van der Waals surface area contributed by atoms with Crippen LogP contribution in [0.5, 0.6) is 11.5 Å². The van der Waals surface area contributed by atoms with Crippen molar-refractivity contribution in [1.29, 1.82) is 0 Å².